The Bertz CT molecular complexity index is 594. The van der Waals surface area contributed by atoms with Crippen molar-refractivity contribution in [2.75, 3.05) is 12.3 Å². The predicted molar refractivity (Wildman–Crippen MR) is 92.9 cm³/mol. The maximum absolute atomic E-state index is 12.5. The minimum Gasteiger partial charge on any atom is -0.480 e. The second kappa shape index (κ2) is 8.73. The highest BCUT2D eigenvalue weighted by molar-refractivity contribution is 7.80. The van der Waals surface area contributed by atoms with Crippen LogP contribution >= 0.6 is 12.6 Å². The van der Waals surface area contributed by atoms with E-state index in [9.17, 15) is 19.5 Å². The van der Waals surface area contributed by atoms with Gasteiger partial charge in [0.25, 0.3) is 0 Å². The first-order chi connectivity index (χ1) is 11.5. The van der Waals surface area contributed by atoms with E-state index in [4.69, 9.17) is 0 Å². The number of carbonyl (C=O) groups is 3. The van der Waals surface area contributed by atoms with Crippen molar-refractivity contribution in [3.05, 3.63) is 35.9 Å². The Morgan fingerprint density at radius 3 is 2.62 bits per heavy atom. The Kier molecular flexibility index (Phi) is 6.66. The monoisotopic (exact) mass is 350 g/mol. The molecule has 0 spiro atoms. The third-order valence-corrected chi connectivity index (χ3v) is 4.32. The molecular formula is C17H22N2O4S. The van der Waals surface area contributed by atoms with Crippen LogP contribution in [0.3, 0.4) is 0 Å². The van der Waals surface area contributed by atoms with Crippen molar-refractivity contribution in [2.45, 2.75) is 37.8 Å². The van der Waals surface area contributed by atoms with Crippen LogP contribution in [0.25, 0.3) is 0 Å². The standard InChI is InChI=1S/C17H22N2O4S/c20-15(8-10-24)19-9-4-7-14(19)16(21)18-13(17(22)23)11-12-5-2-1-3-6-12/h1-3,5-6,13-14,24H,4,7-11H2,(H,18,21)(H,22,23)/t13-,14-/m0/s1. The molecule has 130 valence electrons. The number of carboxylic acids is 1. The first-order valence-electron chi connectivity index (χ1n) is 8.00. The summed E-state index contributed by atoms with van der Waals surface area (Å²) in [5.41, 5.74) is 0.833. The van der Waals surface area contributed by atoms with Gasteiger partial charge in [0.2, 0.25) is 11.8 Å². The van der Waals surface area contributed by atoms with E-state index in [-0.39, 0.29) is 18.7 Å². The molecule has 24 heavy (non-hydrogen) atoms. The SMILES string of the molecule is O=C(O)[C@H](Cc1ccccc1)NC(=O)[C@@H]1CCCN1C(=O)CCS. The summed E-state index contributed by atoms with van der Waals surface area (Å²) in [6.45, 7) is 0.529. The van der Waals surface area contributed by atoms with E-state index >= 15 is 0 Å². The van der Waals surface area contributed by atoms with Gasteiger partial charge in [-0.25, -0.2) is 4.79 Å². The Morgan fingerprint density at radius 2 is 2.00 bits per heavy atom. The van der Waals surface area contributed by atoms with Crippen molar-refractivity contribution in [3.8, 4) is 0 Å². The lowest BCUT2D eigenvalue weighted by Crippen LogP contribution is -2.51. The molecule has 1 aliphatic rings. The van der Waals surface area contributed by atoms with Gasteiger partial charge in [-0.05, 0) is 24.2 Å². The van der Waals surface area contributed by atoms with Gasteiger partial charge in [-0.2, -0.15) is 12.6 Å². The van der Waals surface area contributed by atoms with Gasteiger partial charge in [0.15, 0.2) is 0 Å². The van der Waals surface area contributed by atoms with Crippen molar-refractivity contribution in [1.29, 1.82) is 0 Å². The molecule has 0 aliphatic carbocycles. The van der Waals surface area contributed by atoms with Crippen LogP contribution in [0, 0.1) is 0 Å². The minimum absolute atomic E-state index is 0.113. The summed E-state index contributed by atoms with van der Waals surface area (Å²) in [4.78, 5) is 37.5. The van der Waals surface area contributed by atoms with E-state index in [1.807, 2.05) is 30.3 Å². The number of hydrogen-bond acceptors (Lipinski definition) is 4. The summed E-state index contributed by atoms with van der Waals surface area (Å²) >= 11 is 4.05. The minimum atomic E-state index is -1.08. The fourth-order valence-electron chi connectivity index (χ4n) is 2.89. The number of benzene rings is 1. The maximum Gasteiger partial charge on any atom is 0.326 e. The van der Waals surface area contributed by atoms with Crippen LogP contribution in [0.1, 0.15) is 24.8 Å². The highest BCUT2D eigenvalue weighted by Crippen LogP contribution is 2.19. The Labute approximate surface area is 146 Å². The number of nitrogens with one attached hydrogen (secondary N) is 1. The van der Waals surface area contributed by atoms with Crippen molar-refractivity contribution in [1.82, 2.24) is 10.2 Å². The van der Waals surface area contributed by atoms with Gasteiger partial charge >= 0.3 is 5.97 Å². The maximum atomic E-state index is 12.5. The number of nitrogens with zero attached hydrogens (tertiary/aromatic N) is 1. The molecule has 1 aromatic carbocycles. The van der Waals surface area contributed by atoms with Crippen LogP contribution in [-0.2, 0) is 20.8 Å². The van der Waals surface area contributed by atoms with E-state index in [2.05, 4.69) is 17.9 Å². The predicted octanol–water partition coefficient (Wildman–Crippen LogP) is 1.11. The second-order valence-electron chi connectivity index (χ2n) is 5.81. The molecule has 1 aliphatic heterocycles. The first kappa shape index (κ1) is 18.3. The van der Waals surface area contributed by atoms with Gasteiger partial charge in [-0.1, -0.05) is 30.3 Å². The van der Waals surface area contributed by atoms with E-state index in [0.717, 1.165) is 12.0 Å². The molecule has 0 saturated carbocycles. The Balaban J connectivity index is 2.02. The molecule has 7 heteroatoms. The molecule has 2 N–H and O–H groups in total. The number of carboxylic acid groups (broad SMARTS) is 1. The molecule has 2 amide bonds. The lowest BCUT2D eigenvalue weighted by Gasteiger charge is -2.25. The molecule has 0 aromatic heterocycles. The van der Waals surface area contributed by atoms with Crippen molar-refractivity contribution >= 4 is 30.4 Å². The van der Waals surface area contributed by atoms with Crippen molar-refractivity contribution in [3.63, 3.8) is 0 Å². The smallest absolute Gasteiger partial charge is 0.326 e. The highest BCUT2D eigenvalue weighted by atomic mass is 32.1. The fourth-order valence-corrected chi connectivity index (χ4v) is 3.09. The third kappa shape index (κ3) is 4.74. The van der Waals surface area contributed by atoms with Gasteiger partial charge in [0.05, 0.1) is 0 Å². The van der Waals surface area contributed by atoms with E-state index in [1.165, 1.54) is 4.90 Å². The molecule has 1 fully saturated rings. The Hall–Kier alpha value is -2.02. The van der Waals surface area contributed by atoms with Crippen LogP contribution in [0.5, 0.6) is 0 Å². The molecule has 0 unspecified atom stereocenters. The number of aliphatic carboxylic acids is 1. The summed E-state index contributed by atoms with van der Waals surface area (Å²) in [6, 6.07) is 7.54. The summed E-state index contributed by atoms with van der Waals surface area (Å²) in [5, 5.41) is 12.0. The zero-order chi connectivity index (χ0) is 17.5. The van der Waals surface area contributed by atoms with E-state index < -0.39 is 24.0 Å². The Morgan fingerprint density at radius 1 is 1.29 bits per heavy atom. The number of carbonyl (C=O) groups excluding carboxylic acids is 2. The lowest BCUT2D eigenvalue weighted by molar-refractivity contribution is -0.143. The number of likely N-dealkylation sites (tertiary alicyclic amines) is 1. The molecular weight excluding hydrogens is 328 g/mol. The summed E-state index contributed by atoms with van der Waals surface area (Å²) in [7, 11) is 0. The van der Waals surface area contributed by atoms with Crippen LogP contribution in [-0.4, -0.2) is 52.2 Å². The van der Waals surface area contributed by atoms with E-state index in [0.29, 0.717) is 18.7 Å². The molecule has 2 atom stereocenters. The van der Waals surface area contributed by atoms with Gasteiger partial charge in [-0.3, -0.25) is 9.59 Å². The number of hydrogen-bond donors (Lipinski definition) is 3. The first-order valence-corrected chi connectivity index (χ1v) is 8.63. The fraction of sp³-hybridized carbons (Fsp3) is 0.471. The second-order valence-corrected chi connectivity index (χ2v) is 6.26. The molecule has 2 rings (SSSR count). The van der Waals surface area contributed by atoms with Crippen LogP contribution in [0.2, 0.25) is 0 Å². The molecule has 6 nitrogen and oxygen atoms in total. The van der Waals surface area contributed by atoms with Gasteiger partial charge in [-0.15, -0.1) is 0 Å². The third-order valence-electron chi connectivity index (χ3n) is 4.10. The average molecular weight is 350 g/mol. The van der Waals surface area contributed by atoms with Gasteiger partial charge in [0, 0.05) is 19.4 Å². The molecule has 1 aromatic rings. The molecule has 0 bridgehead atoms. The largest absolute Gasteiger partial charge is 0.480 e. The molecule has 1 heterocycles. The van der Waals surface area contributed by atoms with Crippen molar-refractivity contribution in [2.24, 2.45) is 0 Å². The van der Waals surface area contributed by atoms with Crippen molar-refractivity contribution < 1.29 is 19.5 Å². The highest BCUT2D eigenvalue weighted by Gasteiger charge is 2.35. The summed E-state index contributed by atoms with van der Waals surface area (Å²) < 4.78 is 0. The lowest BCUT2D eigenvalue weighted by atomic mass is 10.1. The summed E-state index contributed by atoms with van der Waals surface area (Å²) in [5.74, 6) is -1.17. The zero-order valence-corrected chi connectivity index (χ0v) is 14.2. The normalized spacial score (nSPS) is 18.2. The van der Waals surface area contributed by atoms with Gasteiger partial charge in [0.1, 0.15) is 12.1 Å². The van der Waals surface area contributed by atoms with Crippen LogP contribution < -0.4 is 5.32 Å². The van der Waals surface area contributed by atoms with Gasteiger partial charge < -0.3 is 15.3 Å². The van der Waals surface area contributed by atoms with E-state index in [1.54, 1.807) is 0 Å². The molecule has 0 radical (unpaired) electrons. The topological polar surface area (TPSA) is 86.7 Å². The molecule has 1 saturated heterocycles. The zero-order valence-electron chi connectivity index (χ0n) is 13.4. The average Bonchev–Trinajstić information content (AvgIpc) is 3.05. The van der Waals surface area contributed by atoms with Crippen LogP contribution in [0.15, 0.2) is 30.3 Å². The number of rotatable bonds is 7. The quantitative estimate of drug-likeness (QED) is 0.643. The number of amides is 2. The van der Waals surface area contributed by atoms with Crippen LogP contribution in [0.4, 0.5) is 0 Å². The number of thiol groups is 1. The summed E-state index contributed by atoms with van der Waals surface area (Å²) in [6.07, 6.45) is 1.78.